The molecule has 1 saturated heterocycles. The van der Waals surface area contributed by atoms with Crippen LogP contribution in [0.25, 0.3) is 0 Å². The van der Waals surface area contributed by atoms with Crippen molar-refractivity contribution in [1.29, 1.82) is 0 Å². The standard InChI is InChI=1S/C24H33N3O3/c1-19(25(2)17-21-10-11-22(29-3)23(16-21)30-4)24(28)27-14-12-26(13-15-27)18-20-8-6-5-7-9-20/h5-11,16,19H,12-15,17-18H2,1-4H3/t19-/m1/s1. The van der Waals surface area contributed by atoms with Crippen molar-refractivity contribution in [3.63, 3.8) is 0 Å². The molecule has 1 atom stereocenters. The molecule has 6 nitrogen and oxygen atoms in total. The maximum absolute atomic E-state index is 13.0. The summed E-state index contributed by atoms with van der Waals surface area (Å²) in [5.74, 6) is 1.61. The molecule has 2 aromatic rings. The van der Waals surface area contributed by atoms with Gasteiger partial charge in [0.15, 0.2) is 11.5 Å². The highest BCUT2D eigenvalue weighted by atomic mass is 16.5. The Hall–Kier alpha value is -2.57. The lowest BCUT2D eigenvalue weighted by molar-refractivity contribution is -0.138. The zero-order valence-corrected chi connectivity index (χ0v) is 18.5. The van der Waals surface area contributed by atoms with Crippen LogP contribution in [0.1, 0.15) is 18.1 Å². The number of hydrogen-bond acceptors (Lipinski definition) is 5. The summed E-state index contributed by atoms with van der Waals surface area (Å²) in [6.07, 6.45) is 0. The number of likely N-dealkylation sites (N-methyl/N-ethyl adjacent to an activating group) is 1. The minimum atomic E-state index is -0.182. The van der Waals surface area contributed by atoms with Gasteiger partial charge in [-0.1, -0.05) is 36.4 Å². The number of ether oxygens (including phenoxy) is 2. The van der Waals surface area contributed by atoms with Gasteiger partial charge in [-0.25, -0.2) is 0 Å². The van der Waals surface area contributed by atoms with Crippen LogP contribution in [0.5, 0.6) is 11.5 Å². The number of carbonyl (C=O) groups excluding carboxylic acids is 1. The molecular formula is C24H33N3O3. The van der Waals surface area contributed by atoms with Crippen molar-refractivity contribution in [2.75, 3.05) is 47.4 Å². The molecule has 0 aromatic heterocycles. The van der Waals surface area contributed by atoms with Crippen LogP contribution in [0, 0.1) is 0 Å². The molecule has 2 aromatic carbocycles. The van der Waals surface area contributed by atoms with Crippen LogP contribution in [0.15, 0.2) is 48.5 Å². The van der Waals surface area contributed by atoms with Gasteiger partial charge in [0.2, 0.25) is 5.91 Å². The van der Waals surface area contributed by atoms with Gasteiger partial charge in [0.25, 0.3) is 0 Å². The monoisotopic (exact) mass is 411 g/mol. The number of hydrogen-bond donors (Lipinski definition) is 0. The van der Waals surface area contributed by atoms with Crippen LogP contribution in [0.3, 0.4) is 0 Å². The number of carbonyl (C=O) groups is 1. The van der Waals surface area contributed by atoms with Crippen molar-refractivity contribution in [3.05, 3.63) is 59.7 Å². The summed E-state index contributed by atoms with van der Waals surface area (Å²) < 4.78 is 10.7. The lowest BCUT2D eigenvalue weighted by atomic mass is 10.1. The summed E-state index contributed by atoms with van der Waals surface area (Å²) in [5.41, 5.74) is 2.41. The molecule has 1 aliphatic heterocycles. The Morgan fingerprint density at radius 1 is 0.967 bits per heavy atom. The van der Waals surface area contributed by atoms with E-state index in [0.29, 0.717) is 18.0 Å². The van der Waals surface area contributed by atoms with E-state index in [2.05, 4.69) is 34.1 Å². The molecule has 0 aliphatic carbocycles. The smallest absolute Gasteiger partial charge is 0.239 e. The summed E-state index contributed by atoms with van der Waals surface area (Å²) in [6, 6.07) is 16.2. The van der Waals surface area contributed by atoms with Crippen LogP contribution < -0.4 is 9.47 Å². The fourth-order valence-corrected chi connectivity index (χ4v) is 3.82. The van der Waals surface area contributed by atoms with Crippen molar-refractivity contribution < 1.29 is 14.3 Å². The molecule has 0 bridgehead atoms. The average molecular weight is 412 g/mol. The van der Waals surface area contributed by atoms with E-state index in [-0.39, 0.29) is 11.9 Å². The predicted octanol–water partition coefficient (Wildman–Crippen LogP) is 2.87. The molecule has 162 valence electrons. The molecule has 1 fully saturated rings. The van der Waals surface area contributed by atoms with E-state index in [4.69, 9.17) is 9.47 Å². The van der Waals surface area contributed by atoms with Crippen molar-refractivity contribution in [2.45, 2.75) is 26.1 Å². The minimum absolute atomic E-state index is 0.182. The molecule has 1 heterocycles. The second-order valence-electron chi connectivity index (χ2n) is 7.87. The second kappa shape index (κ2) is 10.5. The van der Waals surface area contributed by atoms with E-state index >= 15 is 0 Å². The van der Waals surface area contributed by atoms with Crippen molar-refractivity contribution >= 4 is 5.91 Å². The molecule has 1 aliphatic rings. The van der Waals surface area contributed by atoms with Crippen molar-refractivity contribution in [3.8, 4) is 11.5 Å². The van der Waals surface area contributed by atoms with Gasteiger partial charge in [-0.3, -0.25) is 14.6 Å². The van der Waals surface area contributed by atoms with Gasteiger partial charge in [-0.15, -0.1) is 0 Å². The minimum Gasteiger partial charge on any atom is -0.493 e. The maximum Gasteiger partial charge on any atom is 0.239 e. The SMILES string of the molecule is COc1ccc(CN(C)[C@H](C)C(=O)N2CCN(Cc3ccccc3)CC2)cc1OC. The lowest BCUT2D eigenvalue weighted by Gasteiger charge is -2.37. The van der Waals surface area contributed by atoms with Gasteiger partial charge in [-0.2, -0.15) is 0 Å². The van der Waals surface area contributed by atoms with E-state index < -0.39 is 0 Å². The molecule has 30 heavy (non-hydrogen) atoms. The normalized spacial score (nSPS) is 15.8. The molecular weight excluding hydrogens is 378 g/mol. The molecule has 0 radical (unpaired) electrons. The van der Waals surface area contributed by atoms with E-state index in [1.54, 1.807) is 14.2 Å². The second-order valence-corrected chi connectivity index (χ2v) is 7.87. The molecule has 0 N–H and O–H groups in total. The summed E-state index contributed by atoms with van der Waals surface area (Å²) >= 11 is 0. The largest absolute Gasteiger partial charge is 0.493 e. The summed E-state index contributed by atoms with van der Waals surface area (Å²) in [5, 5.41) is 0. The van der Waals surface area contributed by atoms with Crippen molar-refractivity contribution in [1.82, 2.24) is 14.7 Å². The Balaban J connectivity index is 1.51. The number of piperazine rings is 1. The third-order valence-corrected chi connectivity index (χ3v) is 5.83. The Kier molecular flexibility index (Phi) is 7.71. The molecule has 3 rings (SSSR count). The van der Waals surface area contributed by atoms with Crippen LogP contribution in [0.4, 0.5) is 0 Å². The van der Waals surface area contributed by atoms with Crippen LogP contribution >= 0.6 is 0 Å². The number of nitrogens with zero attached hydrogens (tertiary/aromatic N) is 3. The maximum atomic E-state index is 13.0. The van der Waals surface area contributed by atoms with Gasteiger partial charge in [0.1, 0.15) is 0 Å². The Bertz CT molecular complexity index is 820. The number of rotatable bonds is 8. The van der Waals surface area contributed by atoms with Gasteiger partial charge in [-0.05, 0) is 37.2 Å². The van der Waals surface area contributed by atoms with Crippen LogP contribution in [-0.2, 0) is 17.9 Å². The van der Waals surface area contributed by atoms with E-state index in [9.17, 15) is 4.79 Å². The average Bonchev–Trinajstić information content (AvgIpc) is 2.79. The highest BCUT2D eigenvalue weighted by Gasteiger charge is 2.27. The van der Waals surface area contributed by atoms with E-state index in [1.807, 2.05) is 43.1 Å². The van der Waals surface area contributed by atoms with Crippen LogP contribution in [-0.4, -0.2) is 74.1 Å². The summed E-state index contributed by atoms with van der Waals surface area (Å²) in [7, 11) is 5.25. The summed E-state index contributed by atoms with van der Waals surface area (Å²) in [6.45, 7) is 6.97. The molecule has 0 saturated carbocycles. The van der Waals surface area contributed by atoms with Gasteiger partial charge in [0.05, 0.1) is 20.3 Å². The third-order valence-electron chi connectivity index (χ3n) is 5.83. The lowest BCUT2D eigenvalue weighted by Crippen LogP contribution is -2.53. The topological polar surface area (TPSA) is 45.2 Å². The Labute approximate surface area is 180 Å². The molecule has 0 unspecified atom stereocenters. The fourth-order valence-electron chi connectivity index (χ4n) is 3.82. The van der Waals surface area contributed by atoms with E-state index in [1.165, 1.54) is 5.56 Å². The number of benzene rings is 2. The summed E-state index contributed by atoms with van der Waals surface area (Å²) in [4.78, 5) is 19.5. The highest BCUT2D eigenvalue weighted by molar-refractivity contribution is 5.81. The van der Waals surface area contributed by atoms with Gasteiger partial charge in [0, 0.05) is 39.3 Å². The third kappa shape index (κ3) is 5.52. The Morgan fingerprint density at radius 3 is 2.27 bits per heavy atom. The predicted molar refractivity (Wildman–Crippen MR) is 119 cm³/mol. The van der Waals surface area contributed by atoms with Gasteiger partial charge < -0.3 is 14.4 Å². The first-order chi connectivity index (χ1) is 14.5. The molecule has 1 amide bonds. The van der Waals surface area contributed by atoms with Crippen LogP contribution in [0.2, 0.25) is 0 Å². The fraction of sp³-hybridized carbons (Fsp3) is 0.458. The molecule has 0 spiro atoms. The number of methoxy groups -OCH3 is 2. The Morgan fingerprint density at radius 2 is 1.63 bits per heavy atom. The first-order valence-electron chi connectivity index (χ1n) is 10.5. The first-order valence-corrected chi connectivity index (χ1v) is 10.5. The van der Waals surface area contributed by atoms with Crippen molar-refractivity contribution in [2.24, 2.45) is 0 Å². The quantitative estimate of drug-likeness (QED) is 0.668. The zero-order valence-electron chi connectivity index (χ0n) is 18.5. The van der Waals surface area contributed by atoms with Gasteiger partial charge >= 0.3 is 0 Å². The first kappa shape index (κ1) is 22.1. The number of amides is 1. The zero-order chi connectivity index (χ0) is 21.5. The molecule has 6 heteroatoms. The van der Waals surface area contributed by atoms with E-state index in [0.717, 1.165) is 38.3 Å². The highest BCUT2D eigenvalue weighted by Crippen LogP contribution is 2.28.